The Labute approximate surface area is 233 Å². The largest absolute Gasteiger partial charge is 0.457 e. The highest BCUT2D eigenvalue weighted by Gasteiger charge is 2.18. The third-order valence-corrected chi connectivity index (χ3v) is 6.23. The minimum Gasteiger partial charge on any atom is -0.457 e. The molecule has 2 amide bonds. The minimum atomic E-state index is -0.582. The Hall–Kier alpha value is -5.22. The van der Waals surface area contributed by atoms with Crippen LogP contribution in [-0.2, 0) is 16.8 Å². The van der Waals surface area contributed by atoms with E-state index in [0.29, 0.717) is 16.8 Å². The minimum absolute atomic E-state index is 0.0553. The number of ether oxygens (including phenoxy) is 1. The fourth-order valence-electron chi connectivity index (χ4n) is 3.93. The van der Waals surface area contributed by atoms with Gasteiger partial charge in [-0.2, -0.15) is 5.26 Å². The van der Waals surface area contributed by atoms with Crippen molar-refractivity contribution in [1.29, 1.82) is 5.26 Å². The Morgan fingerprint density at radius 3 is 2.05 bits per heavy atom. The van der Waals surface area contributed by atoms with Crippen LogP contribution >= 0.6 is 0 Å². The number of carbonyl (C=O) groups excluding carboxylic acids is 3. The second-order valence-corrected chi connectivity index (χ2v) is 10.3. The number of benzene rings is 4. The maximum Gasteiger partial charge on any atom is 0.338 e. The number of hydrogen-bond donors (Lipinski definition) is 2. The second-order valence-electron chi connectivity index (χ2n) is 10.3. The van der Waals surface area contributed by atoms with E-state index in [-0.39, 0.29) is 34.7 Å². The van der Waals surface area contributed by atoms with E-state index in [2.05, 4.69) is 31.4 Å². The highest BCUT2D eigenvalue weighted by molar-refractivity contribution is 6.10. The van der Waals surface area contributed by atoms with Gasteiger partial charge in [0.2, 0.25) is 0 Å². The molecule has 200 valence electrons. The van der Waals surface area contributed by atoms with Crippen LogP contribution in [0, 0.1) is 11.3 Å². The Morgan fingerprint density at radius 1 is 0.725 bits per heavy atom. The standard InChI is InChI=1S/C33H29N3O4/c1-33(2,3)27-15-12-24(13-16-27)30(37)35-28-17-14-26(32(39)40-21-22-8-5-4-6-9-22)19-29(28)36-31(38)25-11-7-10-23(18-25)20-34/h4-19H,21H2,1-3H3,(H,35,37)(H,36,38). The molecule has 4 rings (SSSR count). The van der Waals surface area contributed by atoms with Crippen molar-refractivity contribution < 1.29 is 19.1 Å². The highest BCUT2D eigenvalue weighted by atomic mass is 16.5. The number of carbonyl (C=O) groups is 3. The topological polar surface area (TPSA) is 108 Å². The van der Waals surface area contributed by atoms with Gasteiger partial charge in [0.15, 0.2) is 0 Å². The van der Waals surface area contributed by atoms with Crippen LogP contribution in [0.2, 0.25) is 0 Å². The number of rotatable bonds is 7. The maximum atomic E-state index is 13.1. The van der Waals surface area contributed by atoms with Crippen LogP contribution in [0.25, 0.3) is 0 Å². The first-order valence-electron chi connectivity index (χ1n) is 12.7. The Morgan fingerprint density at radius 2 is 1.38 bits per heavy atom. The Kier molecular flexibility index (Phi) is 8.41. The van der Waals surface area contributed by atoms with Crippen LogP contribution in [0.1, 0.15) is 68.5 Å². The first-order chi connectivity index (χ1) is 19.1. The number of amides is 2. The number of nitrogens with one attached hydrogen (secondary N) is 2. The molecule has 0 bridgehead atoms. The summed E-state index contributed by atoms with van der Waals surface area (Å²) in [6.45, 7) is 6.37. The summed E-state index contributed by atoms with van der Waals surface area (Å²) < 4.78 is 5.44. The lowest BCUT2D eigenvalue weighted by atomic mass is 9.87. The van der Waals surface area contributed by atoms with E-state index in [1.807, 2.05) is 48.5 Å². The zero-order valence-corrected chi connectivity index (χ0v) is 22.5. The highest BCUT2D eigenvalue weighted by Crippen LogP contribution is 2.27. The summed E-state index contributed by atoms with van der Waals surface area (Å²) in [6.07, 6.45) is 0. The summed E-state index contributed by atoms with van der Waals surface area (Å²) in [4.78, 5) is 39.0. The maximum absolute atomic E-state index is 13.1. The van der Waals surface area contributed by atoms with Gasteiger partial charge in [0.05, 0.1) is 28.6 Å². The van der Waals surface area contributed by atoms with Gasteiger partial charge in [-0.15, -0.1) is 0 Å². The summed E-state index contributed by atoms with van der Waals surface area (Å²) in [7, 11) is 0. The van der Waals surface area contributed by atoms with Crippen molar-refractivity contribution in [2.45, 2.75) is 32.8 Å². The molecule has 0 atom stereocenters. The zero-order valence-electron chi connectivity index (χ0n) is 22.5. The third kappa shape index (κ3) is 7.00. The summed E-state index contributed by atoms with van der Waals surface area (Å²) >= 11 is 0. The van der Waals surface area contributed by atoms with Crippen molar-refractivity contribution in [3.63, 3.8) is 0 Å². The van der Waals surface area contributed by atoms with Gasteiger partial charge in [0, 0.05) is 11.1 Å². The fourth-order valence-corrected chi connectivity index (χ4v) is 3.93. The van der Waals surface area contributed by atoms with Crippen molar-refractivity contribution in [3.05, 3.63) is 130 Å². The molecule has 0 spiro atoms. The van der Waals surface area contributed by atoms with Gasteiger partial charge in [-0.1, -0.05) is 69.3 Å². The molecule has 4 aromatic carbocycles. The van der Waals surface area contributed by atoms with Crippen LogP contribution in [0.15, 0.2) is 97.1 Å². The number of nitrogens with zero attached hydrogens (tertiary/aromatic N) is 1. The van der Waals surface area contributed by atoms with E-state index in [1.54, 1.807) is 36.4 Å². The first-order valence-corrected chi connectivity index (χ1v) is 12.7. The predicted octanol–water partition coefficient (Wildman–Crippen LogP) is 6.72. The quantitative estimate of drug-likeness (QED) is 0.258. The van der Waals surface area contributed by atoms with Gasteiger partial charge in [-0.05, 0) is 65.1 Å². The van der Waals surface area contributed by atoms with Gasteiger partial charge < -0.3 is 15.4 Å². The molecule has 0 saturated carbocycles. The van der Waals surface area contributed by atoms with Gasteiger partial charge in [0.25, 0.3) is 11.8 Å². The van der Waals surface area contributed by atoms with Crippen LogP contribution in [0.5, 0.6) is 0 Å². The monoisotopic (exact) mass is 531 g/mol. The molecule has 2 N–H and O–H groups in total. The SMILES string of the molecule is CC(C)(C)c1ccc(C(=O)Nc2ccc(C(=O)OCc3ccccc3)cc2NC(=O)c2cccc(C#N)c2)cc1. The fraction of sp³-hybridized carbons (Fsp3) is 0.152. The molecular weight excluding hydrogens is 502 g/mol. The van der Waals surface area contributed by atoms with Crippen molar-refractivity contribution in [2.75, 3.05) is 10.6 Å². The molecule has 0 aliphatic carbocycles. The second kappa shape index (κ2) is 12.1. The van der Waals surface area contributed by atoms with Crippen LogP contribution < -0.4 is 10.6 Å². The number of esters is 1. The number of hydrogen-bond acceptors (Lipinski definition) is 5. The van der Waals surface area contributed by atoms with Crippen molar-refractivity contribution in [2.24, 2.45) is 0 Å². The molecule has 0 fully saturated rings. The Balaban J connectivity index is 1.60. The van der Waals surface area contributed by atoms with E-state index in [1.165, 1.54) is 18.2 Å². The molecule has 0 aliphatic heterocycles. The van der Waals surface area contributed by atoms with E-state index < -0.39 is 11.9 Å². The van der Waals surface area contributed by atoms with Crippen LogP contribution in [0.3, 0.4) is 0 Å². The van der Waals surface area contributed by atoms with Gasteiger partial charge in [0.1, 0.15) is 6.61 Å². The lowest BCUT2D eigenvalue weighted by Gasteiger charge is -2.19. The summed E-state index contributed by atoms with van der Waals surface area (Å²) in [5, 5.41) is 14.8. The molecular formula is C33H29N3O4. The molecule has 40 heavy (non-hydrogen) atoms. The van der Waals surface area contributed by atoms with Crippen molar-refractivity contribution in [1.82, 2.24) is 0 Å². The molecule has 0 aromatic heterocycles. The molecule has 7 heteroatoms. The lowest BCUT2D eigenvalue weighted by molar-refractivity contribution is 0.0472. The third-order valence-electron chi connectivity index (χ3n) is 6.23. The molecule has 0 saturated heterocycles. The molecule has 0 radical (unpaired) electrons. The van der Waals surface area contributed by atoms with Crippen LogP contribution in [-0.4, -0.2) is 17.8 Å². The zero-order chi connectivity index (χ0) is 28.7. The first kappa shape index (κ1) is 27.8. The summed E-state index contributed by atoms with van der Waals surface area (Å²) in [6, 6.07) is 29.4. The van der Waals surface area contributed by atoms with Crippen LogP contribution in [0.4, 0.5) is 11.4 Å². The summed E-state index contributed by atoms with van der Waals surface area (Å²) in [5.74, 6) is -1.46. The van der Waals surface area contributed by atoms with E-state index >= 15 is 0 Å². The van der Waals surface area contributed by atoms with Crippen molar-refractivity contribution >= 4 is 29.2 Å². The van der Waals surface area contributed by atoms with Gasteiger partial charge in [-0.3, -0.25) is 9.59 Å². The number of nitriles is 1. The predicted molar refractivity (Wildman–Crippen MR) is 154 cm³/mol. The van der Waals surface area contributed by atoms with Crippen molar-refractivity contribution in [3.8, 4) is 6.07 Å². The van der Waals surface area contributed by atoms with Gasteiger partial charge in [-0.25, -0.2) is 4.79 Å². The Bertz CT molecular complexity index is 1580. The lowest BCUT2D eigenvalue weighted by Crippen LogP contribution is -2.18. The number of anilines is 2. The van der Waals surface area contributed by atoms with E-state index in [4.69, 9.17) is 4.74 Å². The average Bonchev–Trinajstić information content (AvgIpc) is 2.96. The average molecular weight is 532 g/mol. The summed E-state index contributed by atoms with van der Waals surface area (Å²) in [5.41, 5.74) is 3.61. The smallest absolute Gasteiger partial charge is 0.338 e. The molecule has 7 nitrogen and oxygen atoms in total. The molecule has 0 unspecified atom stereocenters. The molecule has 0 aliphatic rings. The van der Waals surface area contributed by atoms with Gasteiger partial charge >= 0.3 is 5.97 Å². The molecule has 4 aromatic rings. The normalized spacial score (nSPS) is 10.8. The molecule has 0 heterocycles. The van der Waals surface area contributed by atoms with E-state index in [9.17, 15) is 19.6 Å². The van der Waals surface area contributed by atoms with E-state index in [0.717, 1.165) is 11.1 Å².